The Hall–Kier alpha value is -1.73. The second-order valence-electron chi connectivity index (χ2n) is 4.94. The SMILES string of the molecule is CN1CCC(O)(CNc2nccnc2C(=O)O)CC1. The lowest BCUT2D eigenvalue weighted by atomic mass is 9.91. The van der Waals surface area contributed by atoms with Gasteiger partial charge in [0.05, 0.1) is 5.60 Å². The average Bonchev–Trinajstić information content (AvgIpc) is 2.41. The van der Waals surface area contributed by atoms with Crippen molar-refractivity contribution in [1.29, 1.82) is 0 Å². The summed E-state index contributed by atoms with van der Waals surface area (Å²) in [6.07, 6.45) is 4.06. The normalized spacial score (nSPS) is 19.1. The molecule has 0 bridgehead atoms. The van der Waals surface area contributed by atoms with Crippen LogP contribution in [0.5, 0.6) is 0 Å². The van der Waals surface area contributed by atoms with Crippen molar-refractivity contribution in [2.24, 2.45) is 0 Å². The van der Waals surface area contributed by atoms with E-state index in [9.17, 15) is 9.90 Å². The molecule has 0 saturated carbocycles. The van der Waals surface area contributed by atoms with E-state index in [-0.39, 0.29) is 18.1 Å². The number of likely N-dealkylation sites (tertiary alicyclic amines) is 1. The van der Waals surface area contributed by atoms with Crippen molar-refractivity contribution < 1.29 is 15.0 Å². The second kappa shape index (κ2) is 5.50. The molecule has 0 atom stereocenters. The van der Waals surface area contributed by atoms with E-state index in [2.05, 4.69) is 20.2 Å². The summed E-state index contributed by atoms with van der Waals surface area (Å²) >= 11 is 0. The zero-order chi connectivity index (χ0) is 13.9. The third kappa shape index (κ3) is 3.39. The third-order valence-electron chi connectivity index (χ3n) is 3.40. The molecule has 3 N–H and O–H groups in total. The van der Waals surface area contributed by atoms with Crippen molar-refractivity contribution in [3.05, 3.63) is 18.1 Å². The molecule has 0 radical (unpaired) electrons. The smallest absolute Gasteiger partial charge is 0.358 e. The highest BCUT2D eigenvalue weighted by molar-refractivity contribution is 5.90. The van der Waals surface area contributed by atoms with E-state index < -0.39 is 11.6 Å². The summed E-state index contributed by atoms with van der Waals surface area (Å²) in [6.45, 7) is 1.93. The molecule has 1 aliphatic heterocycles. The second-order valence-corrected chi connectivity index (χ2v) is 4.94. The quantitative estimate of drug-likeness (QED) is 0.707. The number of hydrogen-bond donors (Lipinski definition) is 3. The van der Waals surface area contributed by atoms with Crippen LogP contribution in [-0.2, 0) is 0 Å². The van der Waals surface area contributed by atoms with Gasteiger partial charge in [0.15, 0.2) is 11.5 Å². The van der Waals surface area contributed by atoms with Crippen molar-refractivity contribution >= 4 is 11.8 Å². The Morgan fingerprint density at radius 2 is 2.05 bits per heavy atom. The van der Waals surface area contributed by atoms with Gasteiger partial charge >= 0.3 is 5.97 Å². The third-order valence-corrected chi connectivity index (χ3v) is 3.40. The zero-order valence-electron chi connectivity index (χ0n) is 10.8. The Kier molecular flexibility index (Phi) is 3.96. The fourth-order valence-corrected chi connectivity index (χ4v) is 2.08. The first-order chi connectivity index (χ1) is 9.00. The van der Waals surface area contributed by atoms with E-state index in [0.29, 0.717) is 12.8 Å². The molecule has 1 aliphatic rings. The number of carboxylic acids is 1. The Balaban J connectivity index is 2.01. The van der Waals surface area contributed by atoms with Crippen LogP contribution in [-0.4, -0.2) is 63.3 Å². The minimum absolute atomic E-state index is 0.126. The van der Waals surface area contributed by atoms with Crippen LogP contribution >= 0.6 is 0 Å². The highest BCUT2D eigenvalue weighted by atomic mass is 16.4. The lowest BCUT2D eigenvalue weighted by molar-refractivity contribution is -0.00413. The molecule has 0 spiro atoms. The molecule has 0 aromatic carbocycles. The highest BCUT2D eigenvalue weighted by Gasteiger charge is 2.31. The summed E-state index contributed by atoms with van der Waals surface area (Å²) in [6, 6.07) is 0. The fourth-order valence-electron chi connectivity index (χ4n) is 2.08. The molecule has 1 saturated heterocycles. The standard InChI is InChI=1S/C12H18N4O3/c1-16-6-2-12(19,3-7-16)8-15-10-9(11(17)18)13-4-5-14-10/h4-5,19H,2-3,6-8H2,1H3,(H,14,15)(H,17,18). The lowest BCUT2D eigenvalue weighted by Crippen LogP contribution is -2.47. The minimum Gasteiger partial charge on any atom is -0.476 e. The van der Waals surface area contributed by atoms with Crippen LogP contribution in [0.25, 0.3) is 0 Å². The molecule has 0 aliphatic carbocycles. The molecule has 7 nitrogen and oxygen atoms in total. The van der Waals surface area contributed by atoms with Gasteiger partial charge < -0.3 is 20.4 Å². The van der Waals surface area contributed by atoms with Gasteiger partial charge in [0, 0.05) is 32.0 Å². The number of aromatic carboxylic acids is 1. The molecular formula is C12H18N4O3. The van der Waals surface area contributed by atoms with Crippen molar-refractivity contribution in [2.75, 3.05) is 32.0 Å². The molecule has 1 aromatic heterocycles. The number of carboxylic acid groups (broad SMARTS) is 1. The first-order valence-corrected chi connectivity index (χ1v) is 6.19. The van der Waals surface area contributed by atoms with Crippen molar-refractivity contribution in [3.63, 3.8) is 0 Å². The summed E-state index contributed by atoms with van der Waals surface area (Å²) in [7, 11) is 2.01. The number of nitrogens with zero attached hydrogens (tertiary/aromatic N) is 3. The van der Waals surface area contributed by atoms with Gasteiger partial charge in [-0.2, -0.15) is 0 Å². The van der Waals surface area contributed by atoms with E-state index in [1.54, 1.807) is 0 Å². The van der Waals surface area contributed by atoms with Crippen LogP contribution in [0.15, 0.2) is 12.4 Å². The van der Waals surface area contributed by atoms with Crippen molar-refractivity contribution in [1.82, 2.24) is 14.9 Å². The van der Waals surface area contributed by atoms with Gasteiger partial charge in [-0.15, -0.1) is 0 Å². The fraction of sp³-hybridized carbons (Fsp3) is 0.583. The molecule has 1 aromatic rings. The van der Waals surface area contributed by atoms with E-state index in [1.807, 2.05) is 7.05 Å². The Labute approximate surface area is 111 Å². The first-order valence-electron chi connectivity index (χ1n) is 6.19. The van der Waals surface area contributed by atoms with Gasteiger partial charge in [0.25, 0.3) is 0 Å². The number of piperidine rings is 1. The molecule has 104 valence electrons. The van der Waals surface area contributed by atoms with Crippen LogP contribution in [0, 0.1) is 0 Å². The summed E-state index contributed by atoms with van der Waals surface area (Å²) in [5.74, 6) is -0.937. The van der Waals surface area contributed by atoms with Crippen molar-refractivity contribution in [3.8, 4) is 0 Å². The lowest BCUT2D eigenvalue weighted by Gasteiger charge is -2.36. The van der Waals surface area contributed by atoms with Gasteiger partial charge in [-0.3, -0.25) is 0 Å². The summed E-state index contributed by atoms with van der Waals surface area (Å²) in [4.78, 5) is 20.9. The van der Waals surface area contributed by atoms with E-state index >= 15 is 0 Å². The predicted molar refractivity (Wildman–Crippen MR) is 69.2 cm³/mol. The van der Waals surface area contributed by atoms with E-state index in [0.717, 1.165) is 13.1 Å². The number of anilines is 1. The molecule has 19 heavy (non-hydrogen) atoms. The summed E-state index contributed by atoms with van der Waals surface area (Å²) < 4.78 is 0. The van der Waals surface area contributed by atoms with Crippen LogP contribution in [0.1, 0.15) is 23.3 Å². The van der Waals surface area contributed by atoms with Gasteiger partial charge in [0.1, 0.15) is 0 Å². The minimum atomic E-state index is -1.13. The van der Waals surface area contributed by atoms with Crippen LogP contribution in [0.3, 0.4) is 0 Å². The maximum atomic E-state index is 11.0. The summed E-state index contributed by atoms with van der Waals surface area (Å²) in [5.41, 5.74) is -0.946. The van der Waals surface area contributed by atoms with Gasteiger partial charge in [0.2, 0.25) is 0 Å². The molecule has 2 rings (SSSR count). The molecule has 1 fully saturated rings. The zero-order valence-corrected chi connectivity index (χ0v) is 10.8. The Bertz CT molecular complexity index is 458. The maximum Gasteiger partial charge on any atom is 0.358 e. The molecule has 0 unspecified atom stereocenters. The predicted octanol–water partition coefficient (Wildman–Crippen LogP) is 0.0434. The maximum absolute atomic E-state index is 11.0. The number of aliphatic hydroxyl groups is 1. The number of hydrogen-bond acceptors (Lipinski definition) is 6. The van der Waals surface area contributed by atoms with Crippen LogP contribution < -0.4 is 5.32 Å². The molecule has 0 amide bonds. The van der Waals surface area contributed by atoms with Crippen LogP contribution in [0.2, 0.25) is 0 Å². The number of nitrogens with one attached hydrogen (secondary N) is 1. The topological polar surface area (TPSA) is 98.6 Å². The largest absolute Gasteiger partial charge is 0.476 e. The van der Waals surface area contributed by atoms with E-state index in [4.69, 9.17) is 5.11 Å². The van der Waals surface area contributed by atoms with Gasteiger partial charge in [-0.1, -0.05) is 0 Å². The van der Waals surface area contributed by atoms with E-state index in [1.165, 1.54) is 12.4 Å². The monoisotopic (exact) mass is 266 g/mol. The number of carbonyl (C=O) groups is 1. The molecule has 7 heteroatoms. The summed E-state index contributed by atoms with van der Waals surface area (Å²) in [5, 5.41) is 22.3. The van der Waals surface area contributed by atoms with Gasteiger partial charge in [-0.25, -0.2) is 14.8 Å². The highest BCUT2D eigenvalue weighted by Crippen LogP contribution is 2.22. The molecule has 2 heterocycles. The Morgan fingerprint density at radius 1 is 1.42 bits per heavy atom. The van der Waals surface area contributed by atoms with Crippen molar-refractivity contribution in [2.45, 2.75) is 18.4 Å². The van der Waals surface area contributed by atoms with Gasteiger partial charge in [-0.05, 0) is 19.9 Å². The average molecular weight is 266 g/mol. The number of rotatable bonds is 4. The molecular weight excluding hydrogens is 248 g/mol. The first kappa shape index (κ1) is 13.7. The Morgan fingerprint density at radius 3 is 2.68 bits per heavy atom. The van der Waals surface area contributed by atoms with Crippen LogP contribution in [0.4, 0.5) is 5.82 Å². The number of aromatic nitrogens is 2.